The van der Waals surface area contributed by atoms with Crippen molar-refractivity contribution in [1.82, 2.24) is 0 Å². The summed E-state index contributed by atoms with van der Waals surface area (Å²) in [5.74, 6) is -2.44. The zero-order valence-electron chi connectivity index (χ0n) is 34.2. The lowest BCUT2D eigenvalue weighted by molar-refractivity contribution is -0.152. The van der Waals surface area contributed by atoms with E-state index in [4.69, 9.17) is 37.9 Å². The molecule has 0 saturated carbocycles. The van der Waals surface area contributed by atoms with Crippen molar-refractivity contribution >= 4 is 24.1 Å². The van der Waals surface area contributed by atoms with Gasteiger partial charge in [-0.2, -0.15) is 0 Å². The summed E-state index contributed by atoms with van der Waals surface area (Å²) in [6, 6.07) is 6.08. The molecule has 0 spiro atoms. The van der Waals surface area contributed by atoms with Crippen LogP contribution in [0.1, 0.15) is 99.1 Å². The summed E-state index contributed by atoms with van der Waals surface area (Å²) < 4.78 is 45.0. The molecule has 0 aliphatic carbocycles. The summed E-state index contributed by atoms with van der Waals surface area (Å²) in [6.07, 6.45) is 11.2. The van der Waals surface area contributed by atoms with Crippen LogP contribution >= 0.6 is 0 Å². The first-order valence-electron chi connectivity index (χ1n) is 19.4. The largest absolute Gasteiger partial charge is 0.507 e. The molecule has 316 valence electrons. The van der Waals surface area contributed by atoms with Crippen molar-refractivity contribution in [3.05, 3.63) is 83.0 Å². The van der Waals surface area contributed by atoms with Crippen molar-refractivity contribution in [2.75, 3.05) is 14.2 Å². The number of ether oxygens (including phenoxy) is 8. The Morgan fingerprint density at radius 2 is 0.966 bits per heavy atom. The van der Waals surface area contributed by atoms with E-state index >= 15 is 0 Å². The highest BCUT2D eigenvalue weighted by Crippen LogP contribution is 2.36. The summed E-state index contributed by atoms with van der Waals surface area (Å²) in [5.41, 5.74) is 1.11. The van der Waals surface area contributed by atoms with Gasteiger partial charge in [-0.05, 0) is 77.6 Å². The molecule has 6 rings (SSSR count). The number of methoxy groups -OCH3 is 2. The summed E-state index contributed by atoms with van der Waals surface area (Å²) in [6.45, 7) is 10.7. The van der Waals surface area contributed by atoms with E-state index in [0.717, 1.165) is 0 Å². The Bertz CT molecular complexity index is 1760. The first-order valence-corrected chi connectivity index (χ1v) is 19.4. The van der Waals surface area contributed by atoms with Crippen LogP contribution in [-0.4, -0.2) is 107 Å². The molecule has 0 amide bonds. The van der Waals surface area contributed by atoms with Gasteiger partial charge in [0, 0.05) is 25.0 Å². The Kier molecular flexibility index (Phi) is 14.5. The van der Waals surface area contributed by atoms with Crippen molar-refractivity contribution in [2.45, 2.75) is 128 Å². The average Bonchev–Trinajstić information content (AvgIpc) is 3.63. The van der Waals surface area contributed by atoms with Gasteiger partial charge in [0.1, 0.15) is 70.7 Å². The fraction of sp³-hybridized carbons (Fsp3) is 0.500. The van der Waals surface area contributed by atoms with Gasteiger partial charge in [0.05, 0.1) is 26.4 Å². The number of phenolic OH excluding ortho intramolecular Hbond substituents is 2. The number of hydrogen-bond donors (Lipinski definition) is 4. The summed E-state index contributed by atoms with van der Waals surface area (Å²) in [7, 11) is 2.97. The maximum absolute atomic E-state index is 12.7. The Morgan fingerprint density at radius 1 is 0.586 bits per heavy atom. The number of cyclic esters (lactones) is 2. The molecular weight excluding hydrogens is 752 g/mol. The van der Waals surface area contributed by atoms with Crippen molar-refractivity contribution in [2.24, 2.45) is 0 Å². The maximum Gasteiger partial charge on any atom is 0.342 e. The van der Waals surface area contributed by atoms with Crippen LogP contribution in [0.3, 0.4) is 0 Å². The molecule has 2 fully saturated rings. The molecule has 2 saturated heterocycles. The predicted octanol–water partition coefficient (Wildman–Crippen LogP) is 6.38. The lowest BCUT2D eigenvalue weighted by atomic mass is 10.0. The molecule has 2 aromatic carbocycles. The first kappa shape index (κ1) is 44.4. The standard InChI is InChI=1S/2C22H28O7/c2*1-13-7-5-9-16(23)20-18(28-22(2,3)29-20)10-6-8-14-11-15(26-4)12-17(24)19(14)21(25)27-13/h2*5-6,8-9,11-13,16,18,20,23-24H,7,10H2,1-4H3/b2*8-6+,9-5+/t2*13-,16-,18-,20+/m00/s1. The van der Waals surface area contributed by atoms with E-state index in [1.165, 1.54) is 26.4 Å². The fourth-order valence-corrected chi connectivity index (χ4v) is 7.13. The number of phenols is 2. The monoisotopic (exact) mass is 808 g/mol. The molecule has 8 atom stereocenters. The average molecular weight is 809 g/mol. The van der Waals surface area contributed by atoms with Gasteiger partial charge >= 0.3 is 11.9 Å². The topological polar surface area (TPSA) is 189 Å². The van der Waals surface area contributed by atoms with E-state index in [2.05, 4.69) is 0 Å². The highest BCUT2D eigenvalue weighted by molar-refractivity contribution is 5.97. The zero-order chi connectivity index (χ0) is 42.4. The second-order valence-electron chi connectivity index (χ2n) is 15.5. The van der Waals surface area contributed by atoms with Gasteiger partial charge in [0.15, 0.2) is 11.6 Å². The normalized spacial score (nSPS) is 31.7. The van der Waals surface area contributed by atoms with E-state index < -0.39 is 60.1 Å². The molecular formula is C44H56O14. The van der Waals surface area contributed by atoms with E-state index in [9.17, 15) is 30.0 Å². The number of aliphatic hydroxyl groups is 2. The molecule has 2 aromatic rings. The lowest BCUT2D eigenvalue weighted by Crippen LogP contribution is -2.34. The van der Waals surface area contributed by atoms with Crippen LogP contribution in [0.2, 0.25) is 0 Å². The van der Waals surface area contributed by atoms with Gasteiger partial charge in [0.25, 0.3) is 0 Å². The minimum absolute atomic E-state index is 0.0791. The smallest absolute Gasteiger partial charge is 0.342 e. The molecule has 14 heteroatoms. The van der Waals surface area contributed by atoms with Crippen LogP contribution in [-0.2, 0) is 28.4 Å². The predicted molar refractivity (Wildman–Crippen MR) is 214 cm³/mol. The number of esters is 2. The molecule has 0 bridgehead atoms. The maximum atomic E-state index is 12.7. The van der Waals surface area contributed by atoms with Crippen LogP contribution in [0, 0.1) is 0 Å². The Morgan fingerprint density at radius 3 is 1.33 bits per heavy atom. The van der Waals surface area contributed by atoms with Crippen LogP contribution in [0.15, 0.2) is 60.7 Å². The Balaban J connectivity index is 0.000000221. The summed E-state index contributed by atoms with van der Waals surface area (Å²) in [4.78, 5) is 25.3. The number of rotatable bonds is 2. The van der Waals surface area contributed by atoms with Gasteiger partial charge < -0.3 is 58.3 Å². The Hall–Kier alpha value is -4.70. The van der Waals surface area contributed by atoms with E-state index in [1.54, 1.807) is 90.1 Å². The van der Waals surface area contributed by atoms with Gasteiger partial charge in [-0.15, -0.1) is 0 Å². The van der Waals surface area contributed by atoms with Crippen LogP contribution in [0.25, 0.3) is 12.2 Å². The first-order chi connectivity index (χ1) is 27.4. The number of carbonyl (C=O) groups excluding carboxylic acids is 2. The third-order valence-electron chi connectivity index (χ3n) is 9.79. The molecule has 4 aliphatic rings. The van der Waals surface area contributed by atoms with Gasteiger partial charge in [-0.25, -0.2) is 9.59 Å². The van der Waals surface area contributed by atoms with Crippen molar-refractivity contribution in [3.8, 4) is 23.0 Å². The summed E-state index contributed by atoms with van der Waals surface area (Å²) in [5, 5.41) is 41.9. The van der Waals surface area contributed by atoms with Crippen LogP contribution < -0.4 is 9.47 Å². The third kappa shape index (κ3) is 11.3. The second-order valence-corrected chi connectivity index (χ2v) is 15.5. The highest BCUT2D eigenvalue weighted by atomic mass is 16.8. The van der Waals surface area contributed by atoms with E-state index in [1.807, 2.05) is 12.2 Å². The second kappa shape index (κ2) is 18.9. The van der Waals surface area contributed by atoms with Gasteiger partial charge in [-0.1, -0.05) is 48.6 Å². The van der Waals surface area contributed by atoms with Crippen molar-refractivity contribution in [3.63, 3.8) is 0 Å². The van der Waals surface area contributed by atoms with E-state index in [0.29, 0.717) is 48.3 Å². The summed E-state index contributed by atoms with van der Waals surface area (Å²) >= 11 is 0. The van der Waals surface area contributed by atoms with Crippen molar-refractivity contribution in [1.29, 1.82) is 0 Å². The fourth-order valence-electron chi connectivity index (χ4n) is 7.13. The molecule has 4 N–H and O–H groups in total. The lowest BCUT2D eigenvalue weighted by Gasteiger charge is -2.20. The molecule has 4 heterocycles. The molecule has 14 nitrogen and oxygen atoms in total. The minimum atomic E-state index is -0.850. The van der Waals surface area contributed by atoms with E-state index in [-0.39, 0.29) is 34.8 Å². The zero-order valence-corrected chi connectivity index (χ0v) is 34.2. The molecule has 0 unspecified atom stereocenters. The van der Waals surface area contributed by atoms with Crippen LogP contribution in [0.4, 0.5) is 0 Å². The number of benzene rings is 2. The van der Waals surface area contributed by atoms with Gasteiger partial charge in [-0.3, -0.25) is 0 Å². The SMILES string of the molecule is COc1cc(O)c2c(c1)/C=C/C[C@@H]1OC(C)(C)O[C@@H]1[C@@H](O)/C=C/C[C@H](C)OC2=O.COc1cc(O)c2c(c1)/C=C/C[C@@H]1OC(C)(C)O[C@@H]1[C@@H](O)/C=C/C[C@H](C)OC2=O. The number of aromatic hydroxyl groups is 2. The molecule has 58 heavy (non-hydrogen) atoms. The molecule has 4 aliphatic heterocycles. The van der Waals surface area contributed by atoms with Crippen molar-refractivity contribution < 1.29 is 67.9 Å². The third-order valence-corrected chi connectivity index (χ3v) is 9.79. The molecule has 0 aromatic heterocycles. The number of aliphatic hydroxyl groups excluding tert-OH is 2. The number of carbonyl (C=O) groups is 2. The minimum Gasteiger partial charge on any atom is -0.507 e. The number of hydrogen-bond acceptors (Lipinski definition) is 14. The van der Waals surface area contributed by atoms with Gasteiger partial charge in [0.2, 0.25) is 0 Å². The highest BCUT2D eigenvalue weighted by Gasteiger charge is 2.44. The van der Waals surface area contributed by atoms with Crippen LogP contribution in [0.5, 0.6) is 23.0 Å². The quantitative estimate of drug-likeness (QED) is 0.193. The number of fused-ring (bicyclic) bond motifs is 4. The Labute approximate surface area is 339 Å². The molecule has 0 radical (unpaired) electrons.